The lowest BCUT2D eigenvalue weighted by molar-refractivity contribution is -0.123. The quantitative estimate of drug-likeness (QED) is 0.507. The fourth-order valence-corrected chi connectivity index (χ4v) is 3.52. The lowest BCUT2D eigenvalue weighted by atomic mass is 10.2. The van der Waals surface area contributed by atoms with E-state index >= 15 is 0 Å². The molecule has 0 bridgehead atoms. The smallest absolute Gasteiger partial charge is 0.359 e. The zero-order valence-electron chi connectivity index (χ0n) is 15.8. The topological polar surface area (TPSA) is 85.6 Å². The Bertz CT molecular complexity index is 1180. The van der Waals surface area contributed by atoms with Crippen molar-refractivity contribution in [1.82, 2.24) is 14.4 Å². The van der Waals surface area contributed by atoms with E-state index in [1.807, 2.05) is 54.8 Å². The number of anilines is 1. The summed E-state index contributed by atoms with van der Waals surface area (Å²) in [7, 11) is 0. The van der Waals surface area contributed by atoms with Crippen molar-refractivity contribution in [2.45, 2.75) is 20.0 Å². The standard InChI is InChI=1S/C21H18N4O3S/c1-13-7-6-10-18-22-16(11-25(13)18)20(27)28-14(2)19(26)24-21-23-17(12-29-21)15-8-4-3-5-9-15/h3-12,14H,1-2H3,(H,23,24,26). The normalized spacial score (nSPS) is 11.9. The van der Waals surface area contributed by atoms with Crippen LogP contribution in [0.1, 0.15) is 23.1 Å². The van der Waals surface area contributed by atoms with Gasteiger partial charge in [0.05, 0.1) is 5.69 Å². The van der Waals surface area contributed by atoms with E-state index in [0.29, 0.717) is 10.8 Å². The van der Waals surface area contributed by atoms with Crippen molar-refractivity contribution < 1.29 is 14.3 Å². The monoisotopic (exact) mass is 406 g/mol. The summed E-state index contributed by atoms with van der Waals surface area (Å²) in [6.07, 6.45) is 0.613. The van der Waals surface area contributed by atoms with Gasteiger partial charge in [-0.1, -0.05) is 36.4 Å². The van der Waals surface area contributed by atoms with Gasteiger partial charge in [0.1, 0.15) is 5.65 Å². The van der Waals surface area contributed by atoms with Crippen LogP contribution in [0, 0.1) is 6.92 Å². The van der Waals surface area contributed by atoms with Gasteiger partial charge >= 0.3 is 5.97 Å². The Morgan fingerprint density at radius 1 is 1.10 bits per heavy atom. The number of hydrogen-bond acceptors (Lipinski definition) is 6. The number of carbonyl (C=O) groups is 2. The maximum Gasteiger partial charge on any atom is 0.359 e. The number of ether oxygens (including phenoxy) is 1. The van der Waals surface area contributed by atoms with Crippen molar-refractivity contribution in [2.75, 3.05) is 5.32 Å². The predicted octanol–water partition coefficient (Wildman–Crippen LogP) is 3.95. The number of thiazole rings is 1. The number of aromatic nitrogens is 3. The van der Waals surface area contributed by atoms with E-state index in [1.165, 1.54) is 18.3 Å². The van der Waals surface area contributed by atoms with Crippen LogP contribution >= 0.6 is 11.3 Å². The number of amides is 1. The van der Waals surface area contributed by atoms with Gasteiger partial charge in [-0.15, -0.1) is 11.3 Å². The van der Waals surface area contributed by atoms with Gasteiger partial charge in [0.15, 0.2) is 16.9 Å². The first-order valence-corrected chi connectivity index (χ1v) is 9.87. The molecule has 1 aromatic carbocycles. The lowest BCUT2D eigenvalue weighted by Crippen LogP contribution is -2.30. The maximum absolute atomic E-state index is 12.4. The second-order valence-electron chi connectivity index (χ2n) is 6.46. The largest absolute Gasteiger partial charge is 0.448 e. The molecule has 0 aliphatic carbocycles. The van der Waals surface area contributed by atoms with E-state index in [-0.39, 0.29) is 5.69 Å². The molecule has 3 aromatic heterocycles. The Labute approximate surface area is 171 Å². The van der Waals surface area contributed by atoms with Crippen molar-refractivity contribution in [3.63, 3.8) is 0 Å². The Kier molecular flexibility index (Phi) is 5.09. The predicted molar refractivity (Wildman–Crippen MR) is 111 cm³/mol. The SMILES string of the molecule is Cc1cccc2nc(C(=O)OC(C)C(=O)Nc3nc(-c4ccccc4)cs3)cn12. The summed E-state index contributed by atoms with van der Waals surface area (Å²) in [4.78, 5) is 33.5. The second-order valence-corrected chi connectivity index (χ2v) is 7.32. The van der Waals surface area contributed by atoms with Crippen LogP contribution in [-0.4, -0.2) is 32.3 Å². The lowest BCUT2D eigenvalue weighted by Gasteiger charge is -2.11. The summed E-state index contributed by atoms with van der Waals surface area (Å²) >= 11 is 1.31. The van der Waals surface area contributed by atoms with Crippen molar-refractivity contribution in [3.05, 3.63) is 71.5 Å². The molecule has 1 atom stereocenters. The zero-order valence-corrected chi connectivity index (χ0v) is 16.6. The molecule has 29 heavy (non-hydrogen) atoms. The molecule has 4 aromatic rings. The highest BCUT2D eigenvalue weighted by atomic mass is 32.1. The van der Waals surface area contributed by atoms with Gasteiger partial charge in [-0.05, 0) is 26.0 Å². The van der Waals surface area contributed by atoms with Crippen molar-refractivity contribution in [1.29, 1.82) is 0 Å². The van der Waals surface area contributed by atoms with E-state index in [1.54, 1.807) is 16.7 Å². The molecule has 0 aliphatic heterocycles. The number of hydrogen-bond donors (Lipinski definition) is 1. The van der Waals surface area contributed by atoms with Crippen LogP contribution in [0.4, 0.5) is 5.13 Å². The van der Waals surface area contributed by atoms with E-state index < -0.39 is 18.0 Å². The fraction of sp³-hybridized carbons (Fsp3) is 0.143. The van der Waals surface area contributed by atoms with Crippen LogP contribution in [-0.2, 0) is 9.53 Å². The first-order chi connectivity index (χ1) is 14.0. The molecule has 3 heterocycles. The molecule has 0 radical (unpaired) electrons. The number of pyridine rings is 1. The number of nitrogens with one attached hydrogen (secondary N) is 1. The number of rotatable bonds is 5. The van der Waals surface area contributed by atoms with Gasteiger partial charge in [-0.3, -0.25) is 10.1 Å². The van der Waals surface area contributed by atoms with Crippen LogP contribution in [0.25, 0.3) is 16.9 Å². The van der Waals surface area contributed by atoms with Crippen molar-refractivity contribution in [2.24, 2.45) is 0 Å². The first kappa shape index (κ1) is 18.8. The molecule has 0 saturated heterocycles. The summed E-state index contributed by atoms with van der Waals surface area (Å²) in [6, 6.07) is 15.2. The van der Waals surface area contributed by atoms with Gasteiger partial charge < -0.3 is 9.14 Å². The molecule has 1 amide bonds. The van der Waals surface area contributed by atoms with Crippen LogP contribution in [0.2, 0.25) is 0 Å². The van der Waals surface area contributed by atoms with Crippen LogP contribution < -0.4 is 5.32 Å². The molecule has 8 heteroatoms. The summed E-state index contributed by atoms with van der Waals surface area (Å²) in [5, 5.41) is 5.00. The third kappa shape index (κ3) is 4.02. The highest BCUT2D eigenvalue weighted by Gasteiger charge is 2.22. The van der Waals surface area contributed by atoms with Crippen LogP contribution in [0.15, 0.2) is 60.1 Å². The molecule has 7 nitrogen and oxygen atoms in total. The van der Waals surface area contributed by atoms with Crippen molar-refractivity contribution >= 4 is 34.0 Å². The highest BCUT2D eigenvalue weighted by molar-refractivity contribution is 7.14. The van der Waals surface area contributed by atoms with Crippen LogP contribution in [0.5, 0.6) is 0 Å². The van der Waals surface area contributed by atoms with E-state index in [2.05, 4.69) is 15.3 Å². The number of benzene rings is 1. The molecule has 146 valence electrons. The summed E-state index contributed by atoms with van der Waals surface area (Å²) in [6.45, 7) is 3.43. The van der Waals surface area contributed by atoms with E-state index in [9.17, 15) is 9.59 Å². The van der Waals surface area contributed by atoms with Gasteiger partial charge in [-0.2, -0.15) is 0 Å². The minimum atomic E-state index is -0.988. The molecular weight excluding hydrogens is 388 g/mol. The third-order valence-corrected chi connectivity index (χ3v) is 5.12. The molecule has 0 aliphatic rings. The average molecular weight is 406 g/mol. The van der Waals surface area contributed by atoms with Gasteiger partial charge in [0, 0.05) is 22.8 Å². The first-order valence-electron chi connectivity index (χ1n) is 8.99. The van der Waals surface area contributed by atoms with E-state index in [4.69, 9.17) is 4.74 Å². The Morgan fingerprint density at radius 2 is 1.90 bits per heavy atom. The Balaban J connectivity index is 1.41. The van der Waals surface area contributed by atoms with Gasteiger partial charge in [0.2, 0.25) is 0 Å². The average Bonchev–Trinajstić information content (AvgIpc) is 3.36. The van der Waals surface area contributed by atoms with Crippen LogP contribution in [0.3, 0.4) is 0 Å². The van der Waals surface area contributed by atoms with Gasteiger partial charge in [-0.25, -0.2) is 14.8 Å². The Morgan fingerprint density at radius 3 is 2.66 bits per heavy atom. The molecule has 0 fully saturated rings. The number of esters is 1. The fourth-order valence-electron chi connectivity index (χ4n) is 2.80. The summed E-state index contributed by atoms with van der Waals surface area (Å²) in [5.41, 5.74) is 3.48. The molecule has 0 saturated carbocycles. The zero-order chi connectivity index (χ0) is 20.4. The summed E-state index contributed by atoms with van der Waals surface area (Å²) in [5.74, 6) is -1.10. The second kappa shape index (κ2) is 7.84. The number of aryl methyl sites for hydroxylation is 1. The Hall–Kier alpha value is -3.52. The molecule has 1 N–H and O–H groups in total. The van der Waals surface area contributed by atoms with Crippen molar-refractivity contribution in [3.8, 4) is 11.3 Å². The maximum atomic E-state index is 12.4. The minimum Gasteiger partial charge on any atom is -0.448 e. The van der Waals surface area contributed by atoms with Gasteiger partial charge in [0.25, 0.3) is 5.91 Å². The highest BCUT2D eigenvalue weighted by Crippen LogP contribution is 2.24. The molecule has 0 spiro atoms. The third-order valence-electron chi connectivity index (χ3n) is 4.36. The summed E-state index contributed by atoms with van der Waals surface area (Å²) < 4.78 is 7.07. The number of carbonyl (C=O) groups excluding carboxylic acids is 2. The number of nitrogens with zero attached hydrogens (tertiary/aromatic N) is 3. The number of imidazole rings is 1. The minimum absolute atomic E-state index is 0.152. The van der Waals surface area contributed by atoms with E-state index in [0.717, 1.165) is 17.0 Å². The molecule has 1 unspecified atom stereocenters. The number of fused-ring (bicyclic) bond motifs is 1. The molecular formula is C21H18N4O3S. The molecule has 4 rings (SSSR count).